The fraction of sp³-hybridized carbons (Fsp3) is 0.565. The van der Waals surface area contributed by atoms with Gasteiger partial charge < -0.3 is 14.5 Å². The number of aliphatic hydroxyl groups excluding tert-OH is 1. The van der Waals surface area contributed by atoms with Crippen LogP contribution in [0.2, 0.25) is 0 Å². The lowest BCUT2D eigenvalue weighted by molar-refractivity contribution is -0.146. The van der Waals surface area contributed by atoms with Crippen LogP contribution < -0.4 is 0 Å². The molecule has 2 aliphatic carbocycles. The number of aliphatic hydroxyl groups is 1. The number of nitrogens with zero attached hydrogens (tertiary/aromatic N) is 2. The highest BCUT2D eigenvalue weighted by Crippen LogP contribution is 2.43. The molecular formula is C23H27F3N2O3. The second-order valence-electron chi connectivity index (χ2n) is 8.88. The summed E-state index contributed by atoms with van der Waals surface area (Å²) in [6.45, 7) is 1.10. The highest BCUT2D eigenvalue weighted by Gasteiger charge is 2.44. The summed E-state index contributed by atoms with van der Waals surface area (Å²) in [6.07, 6.45) is 1.94. The predicted molar refractivity (Wildman–Crippen MR) is 108 cm³/mol. The van der Waals surface area contributed by atoms with Gasteiger partial charge in [-0.3, -0.25) is 4.79 Å². The average Bonchev–Trinajstić information content (AvgIpc) is 3.44. The lowest BCUT2D eigenvalue weighted by Crippen LogP contribution is -2.47. The van der Waals surface area contributed by atoms with Crippen molar-refractivity contribution in [1.82, 2.24) is 10.1 Å². The molecule has 2 saturated carbocycles. The molecular weight excluding hydrogens is 409 g/mol. The van der Waals surface area contributed by atoms with E-state index in [1.54, 1.807) is 6.07 Å². The van der Waals surface area contributed by atoms with Gasteiger partial charge in [-0.2, -0.15) is 13.2 Å². The van der Waals surface area contributed by atoms with Crippen LogP contribution in [0.15, 0.2) is 41.1 Å². The van der Waals surface area contributed by atoms with Crippen molar-refractivity contribution in [2.75, 3.05) is 6.61 Å². The zero-order chi connectivity index (χ0) is 22.2. The van der Waals surface area contributed by atoms with Crippen LogP contribution in [0.25, 0.3) is 0 Å². The van der Waals surface area contributed by atoms with Crippen molar-refractivity contribution >= 4 is 5.91 Å². The standard InChI is InChI=1S/C23H27F3N2O3/c1-15(23(24,25)26)16-2-4-17(5-3-16)21(30)28(18-6-7-18)19-8-11-22(14-29,12-9-19)20-10-13-31-27-20/h2-5,10,13,15,18-19,29H,6-9,11-12,14H2,1H3. The van der Waals surface area contributed by atoms with Crippen LogP contribution in [-0.2, 0) is 5.41 Å². The van der Waals surface area contributed by atoms with Gasteiger partial charge in [-0.25, -0.2) is 0 Å². The van der Waals surface area contributed by atoms with E-state index in [-0.39, 0.29) is 30.2 Å². The third-order valence-corrected chi connectivity index (χ3v) is 6.91. The Bertz CT molecular complexity index is 884. The van der Waals surface area contributed by atoms with E-state index < -0.39 is 17.5 Å². The van der Waals surface area contributed by atoms with Gasteiger partial charge >= 0.3 is 6.18 Å². The molecule has 0 spiro atoms. The number of carbonyl (C=O) groups is 1. The van der Waals surface area contributed by atoms with Crippen molar-refractivity contribution in [3.8, 4) is 0 Å². The number of amides is 1. The summed E-state index contributed by atoms with van der Waals surface area (Å²) in [5.74, 6) is -1.70. The predicted octanol–water partition coefficient (Wildman–Crippen LogP) is 4.82. The summed E-state index contributed by atoms with van der Waals surface area (Å²) < 4.78 is 43.9. The summed E-state index contributed by atoms with van der Waals surface area (Å²) in [7, 11) is 0. The van der Waals surface area contributed by atoms with E-state index in [9.17, 15) is 23.1 Å². The molecule has 1 aromatic carbocycles. The number of alkyl halides is 3. The monoisotopic (exact) mass is 436 g/mol. The van der Waals surface area contributed by atoms with E-state index in [1.807, 2.05) is 4.90 Å². The van der Waals surface area contributed by atoms with Gasteiger partial charge in [0.25, 0.3) is 5.91 Å². The topological polar surface area (TPSA) is 66.6 Å². The molecule has 2 aliphatic rings. The van der Waals surface area contributed by atoms with E-state index in [1.165, 1.54) is 30.5 Å². The van der Waals surface area contributed by atoms with Gasteiger partial charge in [-0.15, -0.1) is 0 Å². The molecule has 1 atom stereocenters. The van der Waals surface area contributed by atoms with E-state index in [0.717, 1.165) is 38.3 Å². The minimum atomic E-state index is -4.31. The molecule has 2 fully saturated rings. The lowest BCUT2D eigenvalue weighted by atomic mass is 9.70. The highest BCUT2D eigenvalue weighted by atomic mass is 19.4. The maximum atomic E-state index is 13.3. The first-order valence-electron chi connectivity index (χ1n) is 10.8. The average molecular weight is 436 g/mol. The molecule has 0 bridgehead atoms. The summed E-state index contributed by atoms with van der Waals surface area (Å²) >= 11 is 0. The maximum absolute atomic E-state index is 13.3. The lowest BCUT2D eigenvalue weighted by Gasteiger charge is -2.42. The third-order valence-electron chi connectivity index (χ3n) is 6.91. The van der Waals surface area contributed by atoms with Crippen LogP contribution in [0.5, 0.6) is 0 Å². The summed E-state index contributed by atoms with van der Waals surface area (Å²) in [4.78, 5) is 15.2. The van der Waals surface area contributed by atoms with Crippen LogP contribution in [0.3, 0.4) is 0 Å². The molecule has 0 radical (unpaired) electrons. The first-order chi connectivity index (χ1) is 14.7. The van der Waals surface area contributed by atoms with Crippen molar-refractivity contribution in [2.24, 2.45) is 0 Å². The van der Waals surface area contributed by atoms with Crippen molar-refractivity contribution < 1.29 is 27.6 Å². The Labute approximate surface area is 179 Å². The van der Waals surface area contributed by atoms with Crippen LogP contribution in [0, 0.1) is 0 Å². The molecule has 2 aromatic rings. The van der Waals surface area contributed by atoms with Crippen LogP contribution in [0.4, 0.5) is 13.2 Å². The normalized spacial score (nSPS) is 25.3. The smallest absolute Gasteiger partial charge is 0.395 e. The Morgan fingerprint density at radius 2 is 1.77 bits per heavy atom. The van der Waals surface area contributed by atoms with Crippen LogP contribution >= 0.6 is 0 Å². The largest absolute Gasteiger partial charge is 0.395 e. The summed E-state index contributed by atoms with van der Waals surface area (Å²) in [5, 5.41) is 14.1. The SMILES string of the molecule is CC(c1ccc(C(=O)N(C2CC2)C2CCC(CO)(c3ccon3)CC2)cc1)C(F)(F)F. The van der Waals surface area contributed by atoms with Crippen molar-refractivity contribution in [3.63, 3.8) is 0 Å². The van der Waals surface area contributed by atoms with Gasteiger partial charge in [-0.1, -0.05) is 17.3 Å². The Kier molecular flexibility index (Phi) is 5.85. The highest BCUT2D eigenvalue weighted by molar-refractivity contribution is 5.95. The van der Waals surface area contributed by atoms with E-state index in [0.29, 0.717) is 18.4 Å². The number of benzene rings is 1. The fourth-order valence-electron chi connectivity index (χ4n) is 4.65. The molecule has 1 unspecified atom stereocenters. The van der Waals surface area contributed by atoms with Crippen molar-refractivity contribution in [3.05, 3.63) is 53.4 Å². The minimum absolute atomic E-state index is 0.0253. The second kappa shape index (κ2) is 8.30. The van der Waals surface area contributed by atoms with Gasteiger partial charge in [0.2, 0.25) is 0 Å². The number of rotatable bonds is 6. The fourth-order valence-corrected chi connectivity index (χ4v) is 4.65. The molecule has 1 aromatic heterocycles. The van der Waals surface area contributed by atoms with Crippen LogP contribution in [-0.4, -0.2) is 45.9 Å². The molecule has 0 aliphatic heterocycles. The van der Waals surface area contributed by atoms with E-state index in [4.69, 9.17) is 4.52 Å². The molecule has 1 amide bonds. The number of hydrogen-bond donors (Lipinski definition) is 1. The summed E-state index contributed by atoms with van der Waals surface area (Å²) in [5.41, 5.74) is 0.865. The Hall–Kier alpha value is -2.35. The van der Waals surface area contributed by atoms with E-state index in [2.05, 4.69) is 5.16 Å². The zero-order valence-electron chi connectivity index (χ0n) is 17.4. The molecule has 0 saturated heterocycles. The van der Waals surface area contributed by atoms with Gasteiger partial charge in [0.1, 0.15) is 6.26 Å². The number of hydrogen-bond acceptors (Lipinski definition) is 4. The third kappa shape index (κ3) is 4.35. The second-order valence-corrected chi connectivity index (χ2v) is 8.88. The van der Waals surface area contributed by atoms with Gasteiger partial charge in [0.05, 0.1) is 18.2 Å². The van der Waals surface area contributed by atoms with Gasteiger partial charge in [0, 0.05) is 29.1 Å². The van der Waals surface area contributed by atoms with Crippen molar-refractivity contribution in [1.29, 1.82) is 0 Å². The number of halogens is 3. The summed E-state index contributed by atoms with van der Waals surface area (Å²) in [6, 6.07) is 7.82. The Morgan fingerprint density at radius 3 is 2.26 bits per heavy atom. The first-order valence-corrected chi connectivity index (χ1v) is 10.8. The Morgan fingerprint density at radius 1 is 1.16 bits per heavy atom. The molecule has 1 heterocycles. The zero-order valence-corrected chi connectivity index (χ0v) is 17.4. The molecule has 8 heteroatoms. The Balaban J connectivity index is 1.48. The maximum Gasteiger partial charge on any atom is 0.395 e. The molecule has 4 rings (SSSR count). The minimum Gasteiger partial charge on any atom is -0.395 e. The van der Waals surface area contributed by atoms with Crippen molar-refractivity contribution in [2.45, 2.75) is 75.0 Å². The van der Waals surface area contributed by atoms with E-state index >= 15 is 0 Å². The van der Waals surface area contributed by atoms with Crippen LogP contribution in [0.1, 0.15) is 73.0 Å². The van der Waals surface area contributed by atoms with Gasteiger partial charge in [0.15, 0.2) is 0 Å². The molecule has 1 N–H and O–H groups in total. The molecule has 168 valence electrons. The quantitative estimate of drug-likeness (QED) is 0.705. The van der Waals surface area contributed by atoms with Gasteiger partial charge in [-0.05, 0) is 63.1 Å². The number of carbonyl (C=O) groups excluding carboxylic acids is 1. The number of aromatic nitrogens is 1. The molecule has 31 heavy (non-hydrogen) atoms. The molecule has 5 nitrogen and oxygen atoms in total. The first kappa shape index (κ1) is 21.9.